The molecule has 4 rings (SSSR count). The first-order chi connectivity index (χ1) is 12.3. The summed E-state index contributed by atoms with van der Waals surface area (Å²) in [5, 5.41) is 7.33. The van der Waals surface area contributed by atoms with Crippen LogP contribution in [0.25, 0.3) is 11.3 Å². The van der Waals surface area contributed by atoms with Gasteiger partial charge in [-0.2, -0.15) is 5.10 Å². The zero-order chi connectivity index (χ0) is 17.2. The molecule has 0 radical (unpaired) electrons. The highest BCUT2D eigenvalue weighted by molar-refractivity contribution is 5.94. The number of H-pyrrole nitrogens is 1. The fourth-order valence-corrected chi connectivity index (χ4v) is 3.82. The van der Waals surface area contributed by atoms with Crippen molar-refractivity contribution in [1.82, 2.24) is 20.0 Å². The second-order valence-corrected chi connectivity index (χ2v) is 7.14. The summed E-state index contributed by atoms with van der Waals surface area (Å²) in [5.41, 5.74) is 2.48. The molecule has 1 saturated heterocycles. The van der Waals surface area contributed by atoms with E-state index in [1.54, 1.807) is 0 Å². The van der Waals surface area contributed by atoms with E-state index in [4.69, 9.17) is 0 Å². The fraction of sp³-hybridized carbons (Fsp3) is 0.500. The van der Waals surface area contributed by atoms with Gasteiger partial charge in [0.25, 0.3) is 5.91 Å². The molecule has 2 heterocycles. The number of amides is 1. The second-order valence-electron chi connectivity index (χ2n) is 7.14. The van der Waals surface area contributed by atoms with Crippen molar-refractivity contribution < 1.29 is 4.79 Å². The van der Waals surface area contributed by atoms with Gasteiger partial charge in [0.05, 0.1) is 5.69 Å². The van der Waals surface area contributed by atoms with Gasteiger partial charge < -0.3 is 9.80 Å². The predicted octanol–water partition coefficient (Wildman–Crippen LogP) is 3.17. The molecule has 0 bridgehead atoms. The molecule has 1 aliphatic heterocycles. The van der Waals surface area contributed by atoms with E-state index in [0.29, 0.717) is 17.8 Å². The van der Waals surface area contributed by atoms with Gasteiger partial charge in [-0.25, -0.2) is 0 Å². The van der Waals surface area contributed by atoms with Crippen molar-refractivity contribution in [2.45, 2.75) is 44.7 Å². The van der Waals surface area contributed by atoms with Crippen LogP contribution in [-0.4, -0.2) is 57.6 Å². The number of aromatic nitrogens is 2. The Morgan fingerprint density at radius 1 is 1.16 bits per heavy atom. The van der Waals surface area contributed by atoms with Gasteiger partial charge in [0.2, 0.25) is 0 Å². The van der Waals surface area contributed by atoms with Gasteiger partial charge in [-0.15, -0.1) is 0 Å². The van der Waals surface area contributed by atoms with Gasteiger partial charge in [0, 0.05) is 30.7 Å². The van der Waals surface area contributed by atoms with Crippen LogP contribution in [0.15, 0.2) is 36.4 Å². The zero-order valence-electron chi connectivity index (χ0n) is 14.8. The largest absolute Gasteiger partial charge is 0.331 e. The number of carbonyl (C=O) groups excluding carboxylic acids is 1. The third-order valence-corrected chi connectivity index (χ3v) is 5.45. The number of aromatic amines is 1. The summed E-state index contributed by atoms with van der Waals surface area (Å²) in [6, 6.07) is 12.7. The van der Waals surface area contributed by atoms with E-state index in [1.165, 1.54) is 0 Å². The normalized spacial score (nSPS) is 19.1. The van der Waals surface area contributed by atoms with E-state index < -0.39 is 0 Å². The number of nitrogens with one attached hydrogen (secondary N) is 1. The van der Waals surface area contributed by atoms with Crippen molar-refractivity contribution in [3.8, 4) is 11.3 Å². The Morgan fingerprint density at radius 3 is 2.48 bits per heavy atom. The average molecular weight is 338 g/mol. The van der Waals surface area contributed by atoms with Gasteiger partial charge in [0.1, 0.15) is 5.69 Å². The van der Waals surface area contributed by atoms with Gasteiger partial charge in [-0.3, -0.25) is 9.89 Å². The minimum atomic E-state index is 0.118. The molecule has 132 valence electrons. The molecular weight excluding hydrogens is 312 g/mol. The smallest absolute Gasteiger partial charge is 0.272 e. The molecule has 25 heavy (non-hydrogen) atoms. The first-order valence-corrected chi connectivity index (χ1v) is 9.42. The van der Waals surface area contributed by atoms with Crippen LogP contribution in [0.3, 0.4) is 0 Å². The molecule has 2 aromatic rings. The predicted molar refractivity (Wildman–Crippen MR) is 98.4 cm³/mol. The van der Waals surface area contributed by atoms with Crippen LogP contribution in [0.5, 0.6) is 0 Å². The molecule has 5 heteroatoms. The molecule has 1 aromatic heterocycles. The first-order valence-electron chi connectivity index (χ1n) is 9.42. The van der Waals surface area contributed by atoms with E-state index in [-0.39, 0.29) is 5.91 Å². The average Bonchev–Trinajstić information content (AvgIpc) is 3.37. The maximum atomic E-state index is 13.2. The van der Waals surface area contributed by atoms with Crippen LogP contribution < -0.4 is 0 Å². The van der Waals surface area contributed by atoms with Crippen LogP contribution in [0, 0.1) is 0 Å². The molecule has 1 saturated carbocycles. The van der Waals surface area contributed by atoms with Crippen molar-refractivity contribution in [1.29, 1.82) is 0 Å². The van der Waals surface area contributed by atoms with Crippen LogP contribution in [0.1, 0.15) is 43.1 Å². The Bertz CT molecular complexity index is 714. The van der Waals surface area contributed by atoms with Crippen molar-refractivity contribution in [2.75, 3.05) is 19.6 Å². The van der Waals surface area contributed by atoms with Crippen molar-refractivity contribution in [2.24, 2.45) is 0 Å². The van der Waals surface area contributed by atoms with Crippen molar-refractivity contribution in [3.05, 3.63) is 42.1 Å². The monoisotopic (exact) mass is 338 g/mol. The van der Waals surface area contributed by atoms with Gasteiger partial charge in [-0.05, 0) is 38.3 Å². The minimum absolute atomic E-state index is 0.118. The molecule has 0 spiro atoms. The Labute approximate surface area is 149 Å². The van der Waals surface area contributed by atoms with E-state index in [1.807, 2.05) is 36.4 Å². The molecule has 1 aromatic carbocycles. The summed E-state index contributed by atoms with van der Waals surface area (Å²) in [7, 11) is 0. The number of benzene rings is 1. The summed E-state index contributed by atoms with van der Waals surface area (Å²) >= 11 is 0. The Balaban J connectivity index is 1.51. The summed E-state index contributed by atoms with van der Waals surface area (Å²) in [6.45, 7) is 5.50. The quantitative estimate of drug-likeness (QED) is 0.911. The third kappa shape index (κ3) is 3.47. The second kappa shape index (κ2) is 7.00. The molecule has 2 aliphatic rings. The van der Waals surface area contributed by atoms with Gasteiger partial charge in [0.15, 0.2) is 0 Å². The molecule has 1 N–H and O–H groups in total. The molecule has 1 aliphatic carbocycles. The van der Waals surface area contributed by atoms with Crippen molar-refractivity contribution in [3.63, 3.8) is 0 Å². The fourth-order valence-electron chi connectivity index (χ4n) is 3.82. The summed E-state index contributed by atoms with van der Waals surface area (Å²) in [5.74, 6) is 0.118. The van der Waals surface area contributed by atoms with Crippen LogP contribution >= 0.6 is 0 Å². The highest BCUT2D eigenvalue weighted by Gasteiger charge is 2.39. The number of piperidine rings is 1. The maximum Gasteiger partial charge on any atom is 0.272 e. The number of nitrogens with zero attached hydrogens (tertiary/aromatic N) is 3. The SMILES string of the molecule is CCN1CCC(N(C(=O)c2cc(-c3ccccc3)n[nH]2)C2CC2)CC1. The Hall–Kier alpha value is -2.14. The third-order valence-electron chi connectivity index (χ3n) is 5.45. The molecular formula is C20H26N4O. The molecule has 5 nitrogen and oxygen atoms in total. The van der Waals surface area contributed by atoms with Crippen LogP contribution in [-0.2, 0) is 0 Å². The number of likely N-dealkylation sites (tertiary alicyclic amines) is 1. The van der Waals surface area contributed by atoms with Gasteiger partial charge >= 0.3 is 0 Å². The van der Waals surface area contributed by atoms with Gasteiger partial charge in [-0.1, -0.05) is 37.3 Å². The summed E-state index contributed by atoms with van der Waals surface area (Å²) in [4.78, 5) is 17.8. The lowest BCUT2D eigenvalue weighted by Crippen LogP contribution is -2.48. The lowest BCUT2D eigenvalue weighted by atomic mass is 10.0. The minimum Gasteiger partial charge on any atom is -0.331 e. The first kappa shape index (κ1) is 16.3. The molecule has 2 fully saturated rings. The molecule has 1 amide bonds. The lowest BCUT2D eigenvalue weighted by molar-refractivity contribution is 0.0548. The van der Waals surface area contributed by atoms with Crippen LogP contribution in [0.4, 0.5) is 0 Å². The molecule has 0 atom stereocenters. The number of hydrogen-bond donors (Lipinski definition) is 1. The van der Waals surface area contributed by atoms with E-state index in [0.717, 1.165) is 56.6 Å². The van der Waals surface area contributed by atoms with E-state index in [9.17, 15) is 4.79 Å². The number of carbonyl (C=O) groups is 1. The maximum absolute atomic E-state index is 13.2. The van der Waals surface area contributed by atoms with Crippen molar-refractivity contribution >= 4 is 5.91 Å². The number of rotatable bonds is 5. The highest BCUT2D eigenvalue weighted by atomic mass is 16.2. The topological polar surface area (TPSA) is 52.2 Å². The molecule has 0 unspecified atom stereocenters. The summed E-state index contributed by atoms with van der Waals surface area (Å²) in [6.07, 6.45) is 4.43. The van der Waals surface area contributed by atoms with E-state index in [2.05, 4.69) is 26.9 Å². The standard InChI is InChI=1S/C20H26N4O/c1-2-23-12-10-17(11-13-23)24(16-8-9-16)20(25)19-14-18(21-22-19)15-6-4-3-5-7-15/h3-7,14,16-17H,2,8-13H2,1H3,(H,21,22). The zero-order valence-corrected chi connectivity index (χ0v) is 14.8. The number of hydrogen-bond acceptors (Lipinski definition) is 3. The van der Waals surface area contributed by atoms with Crippen LogP contribution in [0.2, 0.25) is 0 Å². The Morgan fingerprint density at radius 2 is 1.84 bits per heavy atom. The lowest BCUT2D eigenvalue weighted by Gasteiger charge is -2.38. The van der Waals surface area contributed by atoms with E-state index >= 15 is 0 Å². The summed E-state index contributed by atoms with van der Waals surface area (Å²) < 4.78 is 0. The highest BCUT2D eigenvalue weighted by Crippen LogP contribution is 2.33. The Kier molecular flexibility index (Phi) is 4.57.